The number of piperidine rings is 3. The Bertz CT molecular complexity index is 2240. The molecule has 64 heavy (non-hydrogen) atoms. The number of carbonyl (C=O) groups excluding carboxylic acids is 2. The zero-order chi connectivity index (χ0) is 46.1. The highest BCUT2D eigenvalue weighted by molar-refractivity contribution is 6.35. The molecule has 4 fully saturated rings. The summed E-state index contributed by atoms with van der Waals surface area (Å²) in [5.74, 6) is -2.64. The number of pyridine rings is 1. The molecule has 4 heterocycles. The summed E-state index contributed by atoms with van der Waals surface area (Å²) in [6, 6.07) is 17.5. The van der Waals surface area contributed by atoms with Crippen LogP contribution in [0.1, 0.15) is 70.4 Å². The molecule has 344 valence electrons. The van der Waals surface area contributed by atoms with Crippen molar-refractivity contribution in [1.29, 1.82) is 0 Å². The number of hydrogen-bond acceptors (Lipinski definition) is 11. The summed E-state index contributed by atoms with van der Waals surface area (Å²) in [7, 11) is 1.57. The Kier molecular flexibility index (Phi) is 16.1. The van der Waals surface area contributed by atoms with Crippen molar-refractivity contribution in [2.45, 2.75) is 69.7 Å². The van der Waals surface area contributed by atoms with Crippen LogP contribution in [0.3, 0.4) is 0 Å². The standard InChI is InChI=1S/C42H43Cl2F2N3O8.C2HF3O2/c1-53-31-10-7-28(8-11-31)39(41(51)56-38-23-48-15-13-27(38)14-16-48)47-20-26-3-2-4-30(17-26)40(50)55-36(19-32-33(43)21-49(52)22-34(32)44)29-9-12-35(57-42(45)46)37(18-29)54-24-25-5-6-25;3-2(4,5)1(6)7/h2-4,7-12,17-18,21-22,25,27,36,38-39,42,47H,5-6,13-16,19-20,23-24H2,1H3;(H,6,7)/t36-,38-,39?;/m0./s1. The third-order valence-corrected chi connectivity index (χ3v) is 11.5. The largest absolute Gasteiger partial charge is 0.619 e. The van der Waals surface area contributed by atoms with Gasteiger partial charge in [-0.1, -0.05) is 53.5 Å². The summed E-state index contributed by atoms with van der Waals surface area (Å²) in [6.07, 6.45) is -0.170. The van der Waals surface area contributed by atoms with E-state index in [4.69, 9.17) is 56.8 Å². The van der Waals surface area contributed by atoms with E-state index in [0.717, 1.165) is 57.7 Å². The fraction of sp³-hybridized carbons (Fsp3) is 0.409. The van der Waals surface area contributed by atoms with E-state index < -0.39 is 36.9 Å². The number of aromatic nitrogens is 1. The van der Waals surface area contributed by atoms with E-state index in [-0.39, 0.29) is 52.1 Å². The second-order valence-electron chi connectivity index (χ2n) is 15.4. The maximum atomic E-state index is 13.9. The van der Waals surface area contributed by atoms with E-state index in [1.165, 1.54) is 18.2 Å². The lowest BCUT2D eigenvalue weighted by Gasteiger charge is -2.44. The number of carboxylic acids is 1. The van der Waals surface area contributed by atoms with Crippen LogP contribution >= 0.6 is 23.2 Å². The number of carboxylic acid groups (broad SMARTS) is 1. The van der Waals surface area contributed by atoms with Crippen LogP contribution in [-0.4, -0.2) is 80.2 Å². The van der Waals surface area contributed by atoms with E-state index in [9.17, 15) is 36.7 Å². The van der Waals surface area contributed by atoms with Gasteiger partial charge in [-0.25, -0.2) is 14.4 Å². The molecule has 0 radical (unpaired) electrons. The van der Waals surface area contributed by atoms with E-state index in [0.29, 0.717) is 51.2 Å². The minimum absolute atomic E-state index is 0.0490. The molecule has 1 aliphatic carbocycles. The second-order valence-corrected chi connectivity index (χ2v) is 16.2. The summed E-state index contributed by atoms with van der Waals surface area (Å²) < 4.78 is 87.0. The number of nitrogens with zero attached hydrogens (tertiary/aromatic N) is 2. The number of halogens is 7. The Hall–Kier alpha value is -5.43. The maximum Gasteiger partial charge on any atom is 0.490 e. The van der Waals surface area contributed by atoms with Crippen molar-refractivity contribution >= 4 is 41.1 Å². The number of benzene rings is 3. The van der Waals surface area contributed by atoms with Crippen LogP contribution < -0.4 is 24.3 Å². The molecule has 20 heteroatoms. The zero-order valence-corrected chi connectivity index (χ0v) is 35.7. The predicted octanol–water partition coefficient (Wildman–Crippen LogP) is 8.27. The minimum Gasteiger partial charge on any atom is -0.619 e. The van der Waals surface area contributed by atoms with Gasteiger partial charge >= 0.3 is 30.7 Å². The fourth-order valence-corrected chi connectivity index (χ4v) is 7.88. The maximum absolute atomic E-state index is 13.9. The molecule has 4 aliphatic rings. The Morgan fingerprint density at radius 1 is 0.938 bits per heavy atom. The highest BCUT2D eigenvalue weighted by Crippen LogP contribution is 2.38. The van der Waals surface area contributed by atoms with Crippen LogP contribution in [0, 0.1) is 17.0 Å². The lowest BCUT2D eigenvalue weighted by Crippen LogP contribution is -2.52. The van der Waals surface area contributed by atoms with Crippen molar-refractivity contribution in [3.8, 4) is 17.2 Å². The zero-order valence-electron chi connectivity index (χ0n) is 34.2. The summed E-state index contributed by atoms with van der Waals surface area (Å²) in [5, 5.41) is 22.6. The van der Waals surface area contributed by atoms with Gasteiger partial charge in [-0.15, -0.1) is 0 Å². The van der Waals surface area contributed by atoms with Gasteiger partial charge in [0, 0.05) is 25.1 Å². The van der Waals surface area contributed by atoms with Gasteiger partial charge in [0.25, 0.3) is 0 Å². The Morgan fingerprint density at radius 3 is 2.17 bits per heavy atom. The Balaban J connectivity index is 0.000000898. The lowest BCUT2D eigenvalue weighted by atomic mass is 9.86. The van der Waals surface area contributed by atoms with Gasteiger partial charge in [0.15, 0.2) is 23.9 Å². The van der Waals surface area contributed by atoms with Crippen molar-refractivity contribution in [3.05, 3.63) is 122 Å². The SMILES string of the molecule is COc1ccc(C(NCc2cccc(C(=O)O[C@@H](Cc3c(Cl)c[n+]([O-])cc3Cl)c3ccc(OC(F)F)c(OCC4CC4)c3)c2)C(=O)O[C@H]2CN3CCC2CC3)cc1.O=C(O)C(F)(F)F. The first-order valence-electron chi connectivity index (χ1n) is 20.2. The van der Waals surface area contributed by atoms with Crippen molar-refractivity contribution in [2.24, 2.45) is 11.8 Å². The molecule has 3 saturated heterocycles. The van der Waals surface area contributed by atoms with E-state index in [1.807, 2.05) is 18.2 Å². The molecule has 8 rings (SSSR count). The van der Waals surface area contributed by atoms with E-state index in [1.54, 1.807) is 37.4 Å². The number of methoxy groups -OCH3 is 1. The molecule has 2 N–H and O–H groups in total. The molecule has 4 aromatic rings. The van der Waals surface area contributed by atoms with Gasteiger partial charge in [0.05, 0.1) is 19.3 Å². The molecule has 2 bridgehead atoms. The van der Waals surface area contributed by atoms with Crippen molar-refractivity contribution in [2.75, 3.05) is 33.4 Å². The minimum atomic E-state index is -5.08. The number of carbonyl (C=O) groups is 3. The number of hydrogen-bond donors (Lipinski definition) is 2. The van der Waals surface area contributed by atoms with Crippen LogP contribution in [0.5, 0.6) is 17.2 Å². The normalized spacial score (nSPS) is 18.9. The van der Waals surface area contributed by atoms with Crippen LogP contribution in [-0.2, 0) is 32.0 Å². The smallest absolute Gasteiger partial charge is 0.490 e. The van der Waals surface area contributed by atoms with Crippen LogP contribution in [0.25, 0.3) is 0 Å². The topological polar surface area (TPSA) is 160 Å². The molecule has 13 nitrogen and oxygen atoms in total. The van der Waals surface area contributed by atoms with Gasteiger partial charge in [0.1, 0.15) is 34.0 Å². The number of esters is 2. The van der Waals surface area contributed by atoms with Gasteiger partial charge in [-0.05, 0) is 104 Å². The first-order chi connectivity index (χ1) is 30.5. The molecular weight excluding hydrogens is 896 g/mol. The van der Waals surface area contributed by atoms with Crippen LogP contribution in [0.2, 0.25) is 10.0 Å². The third-order valence-electron chi connectivity index (χ3n) is 10.9. The first-order valence-corrected chi connectivity index (χ1v) is 20.9. The highest BCUT2D eigenvalue weighted by atomic mass is 35.5. The molecule has 3 aliphatic heterocycles. The Morgan fingerprint density at radius 2 is 1.59 bits per heavy atom. The van der Waals surface area contributed by atoms with Gasteiger partial charge in [-0.3, -0.25) is 10.2 Å². The van der Waals surface area contributed by atoms with Crippen molar-refractivity contribution in [3.63, 3.8) is 0 Å². The summed E-state index contributed by atoms with van der Waals surface area (Å²) in [6.45, 7) is 0.190. The fourth-order valence-electron chi connectivity index (χ4n) is 7.28. The van der Waals surface area contributed by atoms with Crippen LogP contribution in [0.15, 0.2) is 79.1 Å². The summed E-state index contributed by atoms with van der Waals surface area (Å²) in [4.78, 5) is 38.9. The number of rotatable bonds is 17. The summed E-state index contributed by atoms with van der Waals surface area (Å²) >= 11 is 12.9. The predicted molar refractivity (Wildman–Crippen MR) is 220 cm³/mol. The summed E-state index contributed by atoms with van der Waals surface area (Å²) in [5.41, 5.74) is 2.33. The molecule has 3 atom stereocenters. The quantitative estimate of drug-likeness (QED) is 0.0453. The van der Waals surface area contributed by atoms with E-state index >= 15 is 0 Å². The molecule has 1 saturated carbocycles. The van der Waals surface area contributed by atoms with Crippen LogP contribution in [0.4, 0.5) is 22.0 Å². The van der Waals surface area contributed by atoms with Crippen molar-refractivity contribution in [1.82, 2.24) is 10.2 Å². The molecule has 0 amide bonds. The molecular formula is C44H44Cl2F5N3O10. The first kappa shape index (κ1) is 48.0. The lowest BCUT2D eigenvalue weighted by molar-refractivity contribution is -0.605. The number of aliphatic carboxylic acids is 1. The number of nitrogens with one attached hydrogen (secondary N) is 1. The monoisotopic (exact) mass is 939 g/mol. The third kappa shape index (κ3) is 13.3. The molecule has 1 aromatic heterocycles. The number of ether oxygens (including phenoxy) is 5. The average Bonchev–Trinajstić information content (AvgIpc) is 4.09. The average molecular weight is 941 g/mol. The Labute approximate surface area is 374 Å². The van der Waals surface area contributed by atoms with Gasteiger partial charge in [-0.2, -0.15) is 26.7 Å². The second kappa shape index (κ2) is 21.5. The molecule has 3 aromatic carbocycles. The van der Waals surface area contributed by atoms with E-state index in [2.05, 4.69) is 10.2 Å². The molecule has 0 spiro atoms. The number of fused-ring (bicyclic) bond motifs is 3. The van der Waals surface area contributed by atoms with Gasteiger partial charge in [0.2, 0.25) is 0 Å². The van der Waals surface area contributed by atoms with Crippen molar-refractivity contribution < 1.29 is 69.9 Å². The van der Waals surface area contributed by atoms with Gasteiger partial charge < -0.3 is 34.0 Å². The highest BCUT2D eigenvalue weighted by Gasteiger charge is 2.39. The number of alkyl halides is 5. The molecule has 1 unspecified atom stereocenters.